The van der Waals surface area contributed by atoms with Gasteiger partial charge in [0.1, 0.15) is 0 Å². The fourth-order valence-electron chi connectivity index (χ4n) is 3.04. The number of hydrogen-bond acceptors (Lipinski definition) is 5. The van der Waals surface area contributed by atoms with E-state index < -0.39 is 0 Å². The average molecular weight is 336 g/mol. The zero-order valence-corrected chi connectivity index (χ0v) is 14.0. The smallest absolute Gasteiger partial charge is 0.272 e. The first-order valence-corrected chi connectivity index (χ1v) is 8.38. The van der Waals surface area contributed by atoms with Crippen molar-refractivity contribution in [2.45, 2.75) is 58.0 Å². The van der Waals surface area contributed by atoms with Crippen LogP contribution in [0.2, 0.25) is 0 Å². The molecular formula is C16H24N4O4. The number of fused-ring (bicyclic) bond motifs is 1. The van der Waals surface area contributed by atoms with E-state index in [9.17, 15) is 14.7 Å². The summed E-state index contributed by atoms with van der Waals surface area (Å²) >= 11 is 0. The topological polar surface area (TPSA) is 116 Å². The summed E-state index contributed by atoms with van der Waals surface area (Å²) in [5, 5.41) is 21.9. The van der Waals surface area contributed by atoms with E-state index in [-0.39, 0.29) is 36.0 Å². The van der Waals surface area contributed by atoms with Gasteiger partial charge in [-0.25, -0.2) is 0 Å². The molecule has 0 spiro atoms. The molecule has 8 heteroatoms. The van der Waals surface area contributed by atoms with Gasteiger partial charge in [0.15, 0.2) is 5.69 Å². The Balaban J connectivity index is 1.56. The molecule has 0 aromatic carbocycles. The van der Waals surface area contributed by atoms with Gasteiger partial charge in [0, 0.05) is 30.5 Å². The highest BCUT2D eigenvalue weighted by Gasteiger charge is 2.34. The molecular weight excluding hydrogens is 312 g/mol. The van der Waals surface area contributed by atoms with Crippen LogP contribution in [0.15, 0.2) is 0 Å². The van der Waals surface area contributed by atoms with Crippen LogP contribution in [-0.2, 0) is 22.6 Å². The summed E-state index contributed by atoms with van der Waals surface area (Å²) in [7, 11) is 0. The first kappa shape index (κ1) is 16.9. The van der Waals surface area contributed by atoms with E-state index in [2.05, 4.69) is 20.8 Å². The second kappa shape index (κ2) is 6.90. The number of rotatable bonds is 5. The standard InChI is InChI=1S/C16H24N4O4/c1-8(2)18-16(23)14-12-5-11(24-7-13(12)19-20-14)6-17-15(22)9-3-10(21)4-9/h8-11,21H,3-7H2,1-2H3,(H,17,22)(H,18,23)(H,19,20). The summed E-state index contributed by atoms with van der Waals surface area (Å²) < 4.78 is 5.71. The number of carbonyl (C=O) groups excluding carboxylic acids is 2. The molecule has 0 saturated heterocycles. The highest BCUT2D eigenvalue weighted by atomic mass is 16.5. The van der Waals surface area contributed by atoms with Crippen LogP contribution in [0.25, 0.3) is 0 Å². The van der Waals surface area contributed by atoms with E-state index in [1.807, 2.05) is 13.8 Å². The molecule has 0 bridgehead atoms. The summed E-state index contributed by atoms with van der Waals surface area (Å²) in [6, 6.07) is 0.0394. The van der Waals surface area contributed by atoms with Gasteiger partial charge in [-0.1, -0.05) is 0 Å². The van der Waals surface area contributed by atoms with Gasteiger partial charge in [-0.3, -0.25) is 14.7 Å². The SMILES string of the molecule is CC(C)NC(=O)c1n[nH]c2c1CC(CNC(=O)C1CC(O)C1)OC2. The lowest BCUT2D eigenvalue weighted by molar-refractivity contribution is -0.132. The van der Waals surface area contributed by atoms with Gasteiger partial charge < -0.3 is 20.5 Å². The Bertz CT molecular complexity index is 622. The van der Waals surface area contributed by atoms with Crippen molar-refractivity contribution in [1.29, 1.82) is 0 Å². The molecule has 0 radical (unpaired) electrons. The molecule has 1 saturated carbocycles. The normalized spacial score (nSPS) is 25.8. The summed E-state index contributed by atoms with van der Waals surface area (Å²) in [5.41, 5.74) is 2.08. The van der Waals surface area contributed by atoms with Gasteiger partial charge in [-0.05, 0) is 26.7 Å². The van der Waals surface area contributed by atoms with Gasteiger partial charge in [0.25, 0.3) is 5.91 Å². The Morgan fingerprint density at radius 3 is 2.83 bits per heavy atom. The lowest BCUT2D eigenvalue weighted by Gasteiger charge is -2.31. The van der Waals surface area contributed by atoms with Crippen LogP contribution in [0, 0.1) is 5.92 Å². The predicted octanol–water partition coefficient (Wildman–Crippen LogP) is -0.124. The number of carbonyl (C=O) groups is 2. The Kier molecular flexibility index (Phi) is 4.86. The molecule has 8 nitrogen and oxygen atoms in total. The zero-order chi connectivity index (χ0) is 17.3. The summed E-state index contributed by atoms with van der Waals surface area (Å²) in [6.45, 7) is 4.53. The summed E-state index contributed by atoms with van der Waals surface area (Å²) in [6.07, 6.45) is 1.06. The molecule has 2 aliphatic rings. The number of aliphatic hydroxyl groups excluding tert-OH is 1. The summed E-state index contributed by atoms with van der Waals surface area (Å²) in [5.74, 6) is -0.337. The fraction of sp³-hybridized carbons (Fsp3) is 0.688. The number of aromatic nitrogens is 2. The highest BCUT2D eigenvalue weighted by molar-refractivity contribution is 5.94. The van der Waals surface area contributed by atoms with Crippen molar-refractivity contribution < 1.29 is 19.4 Å². The minimum absolute atomic E-state index is 0.0394. The zero-order valence-electron chi connectivity index (χ0n) is 14.0. The van der Waals surface area contributed by atoms with Crippen molar-refractivity contribution in [3.8, 4) is 0 Å². The average Bonchev–Trinajstić information content (AvgIpc) is 2.92. The van der Waals surface area contributed by atoms with Crippen molar-refractivity contribution in [3.05, 3.63) is 17.0 Å². The Hall–Kier alpha value is -1.93. The maximum absolute atomic E-state index is 12.2. The first-order chi connectivity index (χ1) is 11.4. The predicted molar refractivity (Wildman–Crippen MR) is 85.2 cm³/mol. The van der Waals surface area contributed by atoms with Crippen molar-refractivity contribution in [2.24, 2.45) is 5.92 Å². The van der Waals surface area contributed by atoms with Crippen LogP contribution in [0.4, 0.5) is 0 Å². The molecule has 1 aliphatic heterocycles. The van der Waals surface area contributed by atoms with Crippen LogP contribution in [0.5, 0.6) is 0 Å². The van der Waals surface area contributed by atoms with Crippen LogP contribution in [-0.4, -0.2) is 51.9 Å². The number of nitrogens with one attached hydrogen (secondary N) is 3. The third kappa shape index (κ3) is 3.59. The van der Waals surface area contributed by atoms with Gasteiger partial charge in [0.2, 0.25) is 5.91 Å². The molecule has 1 unspecified atom stereocenters. The number of nitrogens with zero attached hydrogens (tertiary/aromatic N) is 1. The fourth-order valence-corrected chi connectivity index (χ4v) is 3.04. The highest BCUT2D eigenvalue weighted by Crippen LogP contribution is 2.27. The minimum atomic E-state index is -0.345. The lowest BCUT2D eigenvalue weighted by Crippen LogP contribution is -2.44. The monoisotopic (exact) mass is 336 g/mol. The van der Waals surface area contributed by atoms with Gasteiger partial charge in [-0.15, -0.1) is 0 Å². The Morgan fingerprint density at radius 1 is 1.42 bits per heavy atom. The van der Waals surface area contributed by atoms with Crippen molar-refractivity contribution in [2.75, 3.05) is 6.54 Å². The molecule has 2 amide bonds. The molecule has 1 aromatic rings. The molecule has 1 aliphatic carbocycles. The minimum Gasteiger partial charge on any atom is -0.393 e. The molecule has 4 N–H and O–H groups in total. The first-order valence-electron chi connectivity index (χ1n) is 8.38. The third-order valence-electron chi connectivity index (χ3n) is 4.47. The van der Waals surface area contributed by atoms with Crippen molar-refractivity contribution in [1.82, 2.24) is 20.8 Å². The van der Waals surface area contributed by atoms with Crippen LogP contribution >= 0.6 is 0 Å². The van der Waals surface area contributed by atoms with Gasteiger partial charge >= 0.3 is 0 Å². The largest absolute Gasteiger partial charge is 0.393 e. The molecule has 3 rings (SSSR count). The van der Waals surface area contributed by atoms with E-state index in [0.29, 0.717) is 38.1 Å². The Labute approximate surface area is 140 Å². The molecule has 1 aromatic heterocycles. The quantitative estimate of drug-likeness (QED) is 0.598. The molecule has 24 heavy (non-hydrogen) atoms. The van der Waals surface area contributed by atoms with Crippen molar-refractivity contribution >= 4 is 11.8 Å². The van der Waals surface area contributed by atoms with Gasteiger partial charge in [-0.2, -0.15) is 5.10 Å². The summed E-state index contributed by atoms with van der Waals surface area (Å²) in [4.78, 5) is 24.1. The molecule has 1 fully saturated rings. The number of aliphatic hydroxyl groups is 1. The lowest BCUT2D eigenvalue weighted by atomic mass is 9.82. The van der Waals surface area contributed by atoms with Gasteiger partial charge in [0.05, 0.1) is 24.5 Å². The second-order valence-corrected chi connectivity index (χ2v) is 6.86. The van der Waals surface area contributed by atoms with E-state index in [4.69, 9.17) is 4.74 Å². The van der Waals surface area contributed by atoms with Crippen LogP contribution < -0.4 is 10.6 Å². The maximum atomic E-state index is 12.2. The van der Waals surface area contributed by atoms with E-state index in [0.717, 1.165) is 11.3 Å². The number of H-pyrrole nitrogens is 1. The number of ether oxygens (including phenoxy) is 1. The number of aromatic amines is 1. The van der Waals surface area contributed by atoms with E-state index >= 15 is 0 Å². The van der Waals surface area contributed by atoms with Crippen LogP contribution in [0.3, 0.4) is 0 Å². The van der Waals surface area contributed by atoms with E-state index in [1.54, 1.807) is 0 Å². The molecule has 1 atom stereocenters. The maximum Gasteiger partial charge on any atom is 0.272 e. The van der Waals surface area contributed by atoms with E-state index in [1.165, 1.54) is 0 Å². The number of hydrogen-bond donors (Lipinski definition) is 4. The Morgan fingerprint density at radius 2 is 2.17 bits per heavy atom. The third-order valence-corrected chi connectivity index (χ3v) is 4.47. The number of amides is 2. The molecule has 132 valence electrons. The second-order valence-electron chi connectivity index (χ2n) is 6.86. The van der Waals surface area contributed by atoms with Crippen LogP contribution in [0.1, 0.15) is 48.4 Å². The molecule has 2 heterocycles. The van der Waals surface area contributed by atoms with Crippen molar-refractivity contribution in [3.63, 3.8) is 0 Å².